The molecule has 0 heterocycles. The van der Waals surface area contributed by atoms with Gasteiger partial charge in [0.15, 0.2) is 6.10 Å². The molecule has 0 aliphatic rings. The number of hydrogen-bond donors (Lipinski definition) is 2. The highest BCUT2D eigenvalue weighted by Gasteiger charge is 2.34. The number of carboxylic acids is 1. The lowest BCUT2D eigenvalue weighted by Gasteiger charge is -2.28. The van der Waals surface area contributed by atoms with E-state index in [9.17, 15) is 19.2 Å². The van der Waals surface area contributed by atoms with Crippen LogP contribution in [-0.4, -0.2) is 80.5 Å². The fourth-order valence-corrected chi connectivity index (χ4v) is 2.99. The van der Waals surface area contributed by atoms with Gasteiger partial charge in [0.05, 0.1) is 34.2 Å². The molecule has 0 radical (unpaired) electrons. The van der Waals surface area contributed by atoms with Gasteiger partial charge < -0.3 is 24.6 Å². The fourth-order valence-electron chi connectivity index (χ4n) is 2.99. The summed E-state index contributed by atoms with van der Waals surface area (Å²) in [6.45, 7) is 1.26. The van der Waals surface area contributed by atoms with Crippen molar-refractivity contribution in [2.45, 2.75) is 38.7 Å². The molecule has 0 aliphatic heterocycles. The van der Waals surface area contributed by atoms with E-state index in [1.165, 1.54) is 21.0 Å². The van der Waals surface area contributed by atoms with Crippen LogP contribution in [0.3, 0.4) is 0 Å². The number of esters is 1. The van der Waals surface area contributed by atoms with E-state index in [1.807, 2.05) is 24.3 Å². The van der Waals surface area contributed by atoms with Crippen LogP contribution < -0.4 is 10.1 Å². The number of carboxylic acid groups (broad SMARTS) is 1. The maximum Gasteiger partial charge on any atom is 0.515 e. The van der Waals surface area contributed by atoms with Crippen LogP contribution in [0.5, 0.6) is 5.75 Å². The second-order valence-electron chi connectivity index (χ2n) is 7.86. The third-order valence-corrected chi connectivity index (χ3v) is 4.57. The van der Waals surface area contributed by atoms with Gasteiger partial charge in [-0.2, -0.15) is 4.79 Å². The average Bonchev–Trinajstić information content (AvgIpc) is 2.70. The van der Waals surface area contributed by atoms with Crippen LogP contribution in [0.25, 0.3) is 0 Å². The molecule has 10 heteroatoms. The van der Waals surface area contributed by atoms with Crippen molar-refractivity contribution in [3.05, 3.63) is 29.8 Å². The Hall–Kier alpha value is -3.14. The number of hydrogen-bond acceptors (Lipinski definition) is 7. The molecule has 178 valence electrons. The second-order valence-corrected chi connectivity index (χ2v) is 7.86. The lowest BCUT2D eigenvalue weighted by Crippen LogP contribution is -2.51. The highest BCUT2D eigenvalue weighted by molar-refractivity contribution is 5.75. The first-order chi connectivity index (χ1) is 15.0. The highest BCUT2D eigenvalue weighted by atomic mass is 16.6. The van der Waals surface area contributed by atoms with Crippen LogP contribution in [0.1, 0.15) is 31.7 Å². The predicted octanol–water partition coefficient (Wildman–Crippen LogP) is 1.75. The first-order valence-electron chi connectivity index (χ1n) is 10.3. The summed E-state index contributed by atoms with van der Waals surface area (Å²) in [5.41, 5.74) is 1.11. The van der Waals surface area contributed by atoms with Crippen molar-refractivity contribution in [1.82, 2.24) is 5.32 Å². The summed E-state index contributed by atoms with van der Waals surface area (Å²) < 4.78 is 14.9. The minimum atomic E-state index is -1.14. The molecule has 1 unspecified atom stereocenters. The normalized spacial score (nSPS) is 11.9. The molecular weight excluding hydrogens is 420 g/mol. The number of aryl methyl sites for hydroxylation is 1. The third-order valence-electron chi connectivity index (χ3n) is 4.57. The first-order valence-corrected chi connectivity index (χ1v) is 10.3. The quantitative estimate of drug-likeness (QED) is 0.263. The van der Waals surface area contributed by atoms with E-state index >= 15 is 0 Å². The molecule has 10 nitrogen and oxygen atoms in total. The molecule has 2 N–H and O–H groups in total. The molecule has 1 atom stereocenters. The molecule has 0 aromatic heterocycles. The lowest BCUT2D eigenvalue weighted by molar-refractivity contribution is -0.820. The van der Waals surface area contributed by atoms with Crippen molar-refractivity contribution in [2.24, 2.45) is 0 Å². The van der Waals surface area contributed by atoms with E-state index in [0.29, 0.717) is 12.8 Å². The molecule has 32 heavy (non-hydrogen) atoms. The van der Waals surface area contributed by atoms with Gasteiger partial charge in [0.25, 0.3) is 0 Å². The van der Waals surface area contributed by atoms with Gasteiger partial charge in [-0.1, -0.05) is 12.1 Å². The first kappa shape index (κ1) is 26.9. The van der Waals surface area contributed by atoms with Crippen LogP contribution >= 0.6 is 0 Å². The zero-order valence-corrected chi connectivity index (χ0v) is 19.1. The van der Waals surface area contributed by atoms with Crippen molar-refractivity contribution in [3.8, 4) is 5.75 Å². The van der Waals surface area contributed by atoms with E-state index in [0.717, 1.165) is 17.7 Å². The molecule has 1 aromatic carbocycles. The van der Waals surface area contributed by atoms with Crippen LogP contribution in [0, 0.1) is 0 Å². The standard InChI is InChI=1S/C22H32N2O8/c1-16(25)32-19(14-21(27)28)15-24(2,3)22(29)31-13-12-23-20(26)7-5-6-17-8-10-18(30-4)11-9-17/h8-11,19H,5-7,12-15H2,1-4H3,(H-,23,26,27,28)/p+1. The summed E-state index contributed by atoms with van der Waals surface area (Å²) in [5, 5.41) is 11.6. The molecule has 0 fully saturated rings. The highest BCUT2D eigenvalue weighted by Crippen LogP contribution is 2.13. The Labute approximate surface area is 188 Å². The van der Waals surface area contributed by atoms with Crippen LogP contribution in [0.2, 0.25) is 0 Å². The van der Waals surface area contributed by atoms with Gasteiger partial charge in [0.2, 0.25) is 5.91 Å². The van der Waals surface area contributed by atoms with Gasteiger partial charge in [0.1, 0.15) is 18.9 Å². The van der Waals surface area contributed by atoms with Gasteiger partial charge in [-0.3, -0.25) is 14.4 Å². The zero-order valence-electron chi connectivity index (χ0n) is 19.1. The van der Waals surface area contributed by atoms with Gasteiger partial charge in [-0.15, -0.1) is 0 Å². The van der Waals surface area contributed by atoms with Gasteiger partial charge in [-0.05, 0) is 30.5 Å². The van der Waals surface area contributed by atoms with E-state index < -0.39 is 30.6 Å². The number of carbonyl (C=O) groups excluding carboxylic acids is 3. The average molecular weight is 454 g/mol. The van der Waals surface area contributed by atoms with Crippen molar-refractivity contribution in [2.75, 3.05) is 40.9 Å². The van der Waals surface area contributed by atoms with E-state index in [-0.39, 0.29) is 30.1 Å². The van der Waals surface area contributed by atoms with Crippen molar-refractivity contribution in [1.29, 1.82) is 0 Å². The minimum absolute atomic E-state index is 0.0259. The summed E-state index contributed by atoms with van der Waals surface area (Å²) >= 11 is 0. The fraction of sp³-hybridized carbons (Fsp3) is 0.545. The number of methoxy groups -OCH3 is 1. The van der Waals surface area contributed by atoms with Crippen molar-refractivity contribution < 1.29 is 43.0 Å². The van der Waals surface area contributed by atoms with E-state index in [4.69, 9.17) is 19.3 Å². The van der Waals surface area contributed by atoms with Gasteiger partial charge in [0, 0.05) is 13.3 Å². The summed E-state index contributed by atoms with van der Waals surface area (Å²) in [6.07, 6.45) is -0.206. The molecule has 0 saturated carbocycles. The van der Waals surface area contributed by atoms with Gasteiger partial charge in [-0.25, -0.2) is 4.48 Å². The molecule has 0 saturated heterocycles. The summed E-state index contributed by atoms with van der Waals surface area (Å²) in [5.74, 6) is -1.12. The van der Waals surface area contributed by atoms with Crippen LogP contribution in [0.4, 0.5) is 4.79 Å². The molecule has 1 aromatic rings. The number of amides is 2. The molecule has 0 aliphatic carbocycles. The number of rotatable bonds is 13. The summed E-state index contributed by atoms with van der Waals surface area (Å²) in [4.78, 5) is 46.4. The van der Waals surface area contributed by atoms with Crippen LogP contribution in [-0.2, 0) is 30.3 Å². The zero-order chi connectivity index (χ0) is 24.1. The van der Waals surface area contributed by atoms with Crippen molar-refractivity contribution in [3.63, 3.8) is 0 Å². The lowest BCUT2D eigenvalue weighted by atomic mass is 10.1. The van der Waals surface area contributed by atoms with Crippen LogP contribution in [0.15, 0.2) is 24.3 Å². The topological polar surface area (TPSA) is 128 Å². The molecule has 1 rings (SSSR count). The number of quaternary nitrogens is 1. The number of aliphatic carboxylic acids is 1. The third kappa shape index (κ3) is 10.8. The number of benzene rings is 1. The summed E-state index contributed by atoms with van der Waals surface area (Å²) in [7, 11) is 4.66. The minimum Gasteiger partial charge on any atom is -0.497 e. The Morgan fingerprint density at radius 2 is 1.78 bits per heavy atom. The molecular formula is C22H33N2O8+. The smallest absolute Gasteiger partial charge is 0.497 e. The Morgan fingerprint density at radius 1 is 1.12 bits per heavy atom. The molecule has 2 amide bonds. The maximum atomic E-state index is 12.3. The maximum absolute atomic E-state index is 12.3. The number of nitrogens with zero attached hydrogens (tertiary/aromatic N) is 1. The van der Waals surface area contributed by atoms with E-state index in [2.05, 4.69) is 5.32 Å². The second kappa shape index (κ2) is 13.3. The number of nitrogens with one attached hydrogen (secondary N) is 1. The monoisotopic (exact) mass is 453 g/mol. The SMILES string of the molecule is COc1ccc(CCCC(=O)NCCOC(=O)[N+](C)(C)CC(CC(=O)O)OC(C)=O)cc1. The Morgan fingerprint density at radius 3 is 2.34 bits per heavy atom. The number of likely N-dealkylation sites (N-methyl/N-ethyl adjacent to an activating group) is 1. The summed E-state index contributed by atoms with van der Waals surface area (Å²) in [6, 6.07) is 7.66. The molecule has 0 bridgehead atoms. The number of carbonyl (C=O) groups is 4. The van der Waals surface area contributed by atoms with Gasteiger partial charge >= 0.3 is 18.0 Å². The van der Waals surface area contributed by atoms with Crippen molar-refractivity contribution >= 4 is 23.9 Å². The molecule has 0 spiro atoms. The van der Waals surface area contributed by atoms with E-state index in [1.54, 1.807) is 7.11 Å². The number of ether oxygens (including phenoxy) is 3. The predicted molar refractivity (Wildman–Crippen MR) is 115 cm³/mol. The Kier molecular flexibility index (Phi) is 11.2. The largest absolute Gasteiger partial charge is 0.515 e. The Balaban J connectivity index is 2.31. The Bertz CT molecular complexity index is 761.